The highest BCUT2D eigenvalue weighted by Gasteiger charge is 2.16. The van der Waals surface area contributed by atoms with E-state index in [1.54, 1.807) is 20.8 Å². The lowest BCUT2D eigenvalue weighted by Crippen LogP contribution is -2.34. The number of hydrogen-bond donors (Lipinski definition) is 1. The molecule has 0 atom stereocenters. The van der Waals surface area contributed by atoms with Gasteiger partial charge in [-0.1, -0.05) is 0 Å². The Hall–Kier alpha value is -3.03. The first-order valence-electron chi connectivity index (χ1n) is 8.47. The zero-order chi connectivity index (χ0) is 20.7. The van der Waals surface area contributed by atoms with Crippen LogP contribution in [-0.4, -0.2) is 29.8 Å². The lowest BCUT2D eigenvalue weighted by atomic mass is 10.1. The third-order valence-corrected chi connectivity index (χ3v) is 3.37. The lowest BCUT2D eigenvalue weighted by Gasteiger charge is -2.20. The minimum Gasteiger partial charge on any atom is -0.487 e. The van der Waals surface area contributed by atoms with E-state index >= 15 is 0 Å². The maximum Gasteiger partial charge on any atom is 0.407 e. The zero-order valence-corrected chi connectivity index (χ0v) is 15.8. The number of aromatic nitrogens is 1. The van der Waals surface area contributed by atoms with E-state index in [1.807, 2.05) is 0 Å². The number of ether oxygens (including phenoxy) is 2. The van der Waals surface area contributed by atoms with Gasteiger partial charge in [0, 0.05) is 23.7 Å². The van der Waals surface area contributed by atoms with Crippen LogP contribution < -0.4 is 10.1 Å². The summed E-state index contributed by atoms with van der Waals surface area (Å²) in [5, 5.41) is 2.40. The fraction of sp³-hybridized carbons (Fsp3) is 0.300. The van der Waals surface area contributed by atoms with Gasteiger partial charge in [-0.2, -0.15) is 0 Å². The van der Waals surface area contributed by atoms with E-state index in [1.165, 1.54) is 30.5 Å². The molecule has 0 radical (unpaired) electrons. The molecule has 0 aliphatic carbocycles. The molecule has 28 heavy (non-hydrogen) atoms. The van der Waals surface area contributed by atoms with Crippen molar-refractivity contribution in [1.82, 2.24) is 10.3 Å². The summed E-state index contributed by atoms with van der Waals surface area (Å²) in [4.78, 5) is 15.6. The second kappa shape index (κ2) is 9.25. The first kappa shape index (κ1) is 21.3. The highest BCUT2D eigenvalue weighted by molar-refractivity contribution is 5.68. The average molecular weight is 394 g/mol. The maximum absolute atomic E-state index is 14.3. The molecule has 1 N–H and O–H groups in total. The van der Waals surface area contributed by atoms with E-state index < -0.39 is 23.3 Å². The van der Waals surface area contributed by atoms with Crippen molar-refractivity contribution in [2.75, 3.05) is 13.2 Å². The number of nitrogens with one attached hydrogen (secondary N) is 1. The molecule has 2 aromatic rings. The second-order valence-electron chi connectivity index (χ2n) is 6.92. The van der Waals surface area contributed by atoms with Crippen LogP contribution in [0.2, 0.25) is 0 Å². The van der Waals surface area contributed by atoms with E-state index in [4.69, 9.17) is 9.47 Å². The SMILES string of the molecule is CC(C)(C)OC(=O)NCC(=CF)COc1cnc(-c2ccc(F)cc2)c(F)c1. The van der Waals surface area contributed by atoms with E-state index in [9.17, 15) is 18.0 Å². The van der Waals surface area contributed by atoms with Gasteiger partial charge in [-0.3, -0.25) is 0 Å². The van der Waals surface area contributed by atoms with Crippen molar-refractivity contribution in [3.63, 3.8) is 0 Å². The van der Waals surface area contributed by atoms with Gasteiger partial charge in [0.15, 0.2) is 5.82 Å². The van der Waals surface area contributed by atoms with Crippen LogP contribution >= 0.6 is 0 Å². The van der Waals surface area contributed by atoms with Crippen molar-refractivity contribution in [3.05, 3.63) is 60.1 Å². The van der Waals surface area contributed by atoms with Crippen molar-refractivity contribution in [1.29, 1.82) is 0 Å². The molecule has 1 amide bonds. The highest BCUT2D eigenvalue weighted by atomic mass is 19.1. The predicted molar refractivity (Wildman–Crippen MR) is 98.5 cm³/mol. The number of amides is 1. The Morgan fingerprint density at radius 3 is 2.46 bits per heavy atom. The summed E-state index contributed by atoms with van der Waals surface area (Å²) in [5.74, 6) is -1.02. The van der Waals surface area contributed by atoms with Crippen molar-refractivity contribution >= 4 is 6.09 Å². The van der Waals surface area contributed by atoms with Crippen LogP contribution in [0.15, 0.2) is 48.4 Å². The molecule has 5 nitrogen and oxygen atoms in total. The smallest absolute Gasteiger partial charge is 0.407 e. The summed E-state index contributed by atoms with van der Waals surface area (Å²) >= 11 is 0. The Morgan fingerprint density at radius 1 is 1.21 bits per heavy atom. The molecule has 1 heterocycles. The van der Waals surface area contributed by atoms with Gasteiger partial charge in [0.25, 0.3) is 0 Å². The van der Waals surface area contributed by atoms with Gasteiger partial charge < -0.3 is 14.8 Å². The van der Waals surface area contributed by atoms with Gasteiger partial charge in [-0.15, -0.1) is 0 Å². The number of hydrogen-bond acceptors (Lipinski definition) is 4. The Morgan fingerprint density at radius 2 is 1.89 bits per heavy atom. The maximum atomic E-state index is 14.3. The monoisotopic (exact) mass is 394 g/mol. The minimum atomic E-state index is -0.691. The van der Waals surface area contributed by atoms with Gasteiger partial charge in [-0.05, 0) is 45.0 Å². The molecular weight excluding hydrogens is 373 g/mol. The summed E-state index contributed by atoms with van der Waals surface area (Å²) in [6, 6.07) is 6.33. The highest BCUT2D eigenvalue weighted by Crippen LogP contribution is 2.24. The Labute approximate surface area is 161 Å². The topological polar surface area (TPSA) is 60.5 Å². The Balaban J connectivity index is 1.93. The molecule has 0 saturated carbocycles. The van der Waals surface area contributed by atoms with Crippen LogP contribution in [-0.2, 0) is 4.74 Å². The molecule has 0 saturated heterocycles. The second-order valence-corrected chi connectivity index (χ2v) is 6.92. The van der Waals surface area contributed by atoms with Crippen molar-refractivity contribution in [3.8, 4) is 17.0 Å². The van der Waals surface area contributed by atoms with Gasteiger partial charge in [-0.25, -0.2) is 22.9 Å². The summed E-state index contributed by atoms with van der Waals surface area (Å²) < 4.78 is 50.6. The molecule has 0 aliphatic heterocycles. The van der Waals surface area contributed by atoms with Crippen molar-refractivity contribution in [2.45, 2.75) is 26.4 Å². The van der Waals surface area contributed by atoms with Crippen LogP contribution in [0.4, 0.5) is 18.0 Å². The number of nitrogens with zero attached hydrogens (tertiary/aromatic N) is 1. The fourth-order valence-electron chi connectivity index (χ4n) is 2.12. The molecule has 0 spiro atoms. The molecule has 0 bridgehead atoms. The summed E-state index contributed by atoms with van der Waals surface area (Å²) in [6.45, 7) is 4.77. The third-order valence-electron chi connectivity index (χ3n) is 3.37. The van der Waals surface area contributed by atoms with Crippen molar-refractivity contribution in [2.24, 2.45) is 0 Å². The molecule has 1 aromatic carbocycles. The van der Waals surface area contributed by atoms with E-state index in [0.717, 1.165) is 6.07 Å². The molecule has 0 unspecified atom stereocenters. The molecule has 0 aliphatic rings. The molecule has 0 fully saturated rings. The quantitative estimate of drug-likeness (QED) is 0.766. The summed E-state index contributed by atoms with van der Waals surface area (Å²) in [5.41, 5.74) is -0.0965. The van der Waals surface area contributed by atoms with Gasteiger partial charge in [0.05, 0.1) is 12.5 Å². The van der Waals surface area contributed by atoms with E-state index in [-0.39, 0.29) is 30.2 Å². The first-order chi connectivity index (χ1) is 13.2. The van der Waals surface area contributed by atoms with Gasteiger partial charge in [0.1, 0.15) is 29.5 Å². The molecule has 150 valence electrons. The minimum absolute atomic E-state index is 0.0419. The fourth-order valence-corrected chi connectivity index (χ4v) is 2.12. The number of carbonyl (C=O) groups excluding carboxylic acids is 1. The molecular formula is C20H21F3N2O3. The number of halogens is 3. The van der Waals surface area contributed by atoms with Gasteiger partial charge in [0.2, 0.25) is 0 Å². The van der Waals surface area contributed by atoms with E-state index in [2.05, 4.69) is 10.3 Å². The average Bonchev–Trinajstić information content (AvgIpc) is 2.61. The summed E-state index contributed by atoms with van der Waals surface area (Å²) in [7, 11) is 0. The first-order valence-corrected chi connectivity index (χ1v) is 8.47. The van der Waals surface area contributed by atoms with E-state index in [0.29, 0.717) is 11.9 Å². The largest absolute Gasteiger partial charge is 0.487 e. The predicted octanol–water partition coefficient (Wildman–Crippen LogP) is 4.78. The lowest BCUT2D eigenvalue weighted by molar-refractivity contribution is 0.0531. The van der Waals surface area contributed by atoms with Crippen LogP contribution in [0.5, 0.6) is 5.75 Å². The number of pyridine rings is 1. The number of rotatable bonds is 6. The Kier molecular flexibility index (Phi) is 7.03. The van der Waals surface area contributed by atoms with Crippen LogP contribution in [0.1, 0.15) is 20.8 Å². The zero-order valence-electron chi connectivity index (χ0n) is 15.8. The Bertz CT molecular complexity index is 847. The van der Waals surface area contributed by atoms with Crippen LogP contribution in [0, 0.1) is 11.6 Å². The summed E-state index contributed by atoms with van der Waals surface area (Å²) in [6.07, 6.45) is 0.885. The standard InChI is InChI=1S/C20H21F3N2O3/c1-20(2,3)28-19(26)25-10-13(9-21)12-27-16-8-17(23)18(24-11-16)14-4-6-15(22)7-5-14/h4-9,11H,10,12H2,1-3H3,(H,25,26). The molecule has 8 heteroatoms. The number of alkyl carbamates (subject to hydrolysis) is 1. The van der Waals surface area contributed by atoms with Crippen LogP contribution in [0.25, 0.3) is 11.3 Å². The number of carbonyl (C=O) groups is 1. The van der Waals surface area contributed by atoms with Crippen molar-refractivity contribution < 1.29 is 27.4 Å². The third kappa shape index (κ3) is 6.61. The molecule has 1 aromatic heterocycles. The number of benzene rings is 1. The van der Waals surface area contributed by atoms with Gasteiger partial charge >= 0.3 is 6.09 Å². The normalized spacial score (nSPS) is 11.9. The van der Waals surface area contributed by atoms with Crippen LogP contribution in [0.3, 0.4) is 0 Å². The molecule has 2 rings (SSSR count).